The fraction of sp³-hybridized carbons (Fsp3) is 0.571. The number of nitrogens with two attached hydrogens (primary N) is 2. The lowest BCUT2D eigenvalue weighted by Gasteiger charge is -2.29. The molecule has 2 rings (SSSR count). The summed E-state index contributed by atoms with van der Waals surface area (Å²) in [6.07, 6.45) is 1.66. The molecule has 2 aromatic heterocycles. The van der Waals surface area contributed by atoms with Gasteiger partial charge >= 0.3 is 5.97 Å². The number of anilines is 1. The van der Waals surface area contributed by atoms with Crippen LogP contribution in [0.3, 0.4) is 0 Å². The van der Waals surface area contributed by atoms with Gasteiger partial charge in [-0.05, 0) is 13.3 Å². The van der Waals surface area contributed by atoms with Crippen LogP contribution in [0.25, 0.3) is 11.2 Å². The number of aryl methyl sites for hydroxylation is 1. The van der Waals surface area contributed by atoms with Gasteiger partial charge in [-0.25, -0.2) is 4.98 Å². The van der Waals surface area contributed by atoms with Crippen LogP contribution in [-0.4, -0.2) is 61.6 Å². The molecule has 25 heavy (non-hydrogen) atoms. The second kappa shape index (κ2) is 7.59. The van der Waals surface area contributed by atoms with Crippen LogP contribution >= 0.6 is 0 Å². The van der Waals surface area contributed by atoms with Gasteiger partial charge in [-0.3, -0.25) is 14.6 Å². The Labute approximate surface area is 142 Å². The average Bonchev–Trinajstić information content (AvgIpc) is 2.98. The lowest BCUT2D eigenvalue weighted by atomic mass is 9.87. The summed E-state index contributed by atoms with van der Waals surface area (Å²) in [6, 6.07) is -0.799. The summed E-state index contributed by atoms with van der Waals surface area (Å²) in [5.41, 5.74) is 9.87. The largest absolute Gasteiger partial charge is 0.464 e. The van der Waals surface area contributed by atoms with E-state index in [2.05, 4.69) is 15.0 Å². The Morgan fingerprint density at radius 3 is 2.76 bits per heavy atom. The zero-order chi connectivity index (χ0) is 18.6. The normalized spacial score (nSPS) is 13.1. The van der Waals surface area contributed by atoms with Gasteiger partial charge in [0.05, 0.1) is 25.0 Å². The summed E-state index contributed by atoms with van der Waals surface area (Å²) in [5.74, 6) is -0.666. The number of aliphatic hydroxyl groups excluding tert-OH is 2. The predicted octanol–water partition coefficient (Wildman–Crippen LogP) is -2.05. The third kappa shape index (κ3) is 4.13. The molecule has 0 saturated carbocycles. The Morgan fingerprint density at radius 1 is 1.48 bits per heavy atom. The number of esters is 1. The van der Waals surface area contributed by atoms with Crippen molar-refractivity contribution in [1.82, 2.24) is 19.5 Å². The van der Waals surface area contributed by atoms with Crippen LogP contribution < -0.4 is 17.0 Å². The highest BCUT2D eigenvalue weighted by Crippen LogP contribution is 2.23. The van der Waals surface area contributed by atoms with Gasteiger partial charge in [-0.1, -0.05) is 0 Å². The SMILES string of the molecule is C[C@H](N)C(=O)OCC(CO)(CO)CCn1cnc2c(=O)[nH]c(N)nc21. The molecule has 0 aliphatic carbocycles. The molecule has 11 nitrogen and oxygen atoms in total. The number of hydrogen-bond acceptors (Lipinski definition) is 9. The van der Waals surface area contributed by atoms with E-state index in [1.807, 2.05) is 0 Å². The van der Waals surface area contributed by atoms with E-state index in [4.69, 9.17) is 16.2 Å². The minimum atomic E-state index is -1.06. The quantitative estimate of drug-likeness (QED) is 0.333. The molecule has 0 aliphatic rings. The van der Waals surface area contributed by atoms with Crippen LogP contribution in [-0.2, 0) is 16.1 Å². The number of imidazole rings is 1. The second-order valence-electron chi connectivity index (χ2n) is 6.02. The number of rotatable bonds is 8. The van der Waals surface area contributed by atoms with E-state index in [1.54, 1.807) is 4.57 Å². The smallest absolute Gasteiger partial charge is 0.322 e. The number of hydrogen-bond donors (Lipinski definition) is 5. The minimum absolute atomic E-state index is 0.0410. The molecule has 0 bridgehead atoms. The van der Waals surface area contributed by atoms with Crippen molar-refractivity contribution in [2.75, 3.05) is 25.6 Å². The first-order valence-electron chi connectivity index (χ1n) is 7.66. The zero-order valence-corrected chi connectivity index (χ0v) is 13.8. The highest BCUT2D eigenvalue weighted by Gasteiger charge is 2.31. The highest BCUT2D eigenvalue weighted by molar-refractivity contribution is 5.74. The number of aromatic amines is 1. The van der Waals surface area contributed by atoms with E-state index >= 15 is 0 Å². The number of ether oxygens (including phenoxy) is 1. The molecule has 0 amide bonds. The van der Waals surface area contributed by atoms with E-state index in [1.165, 1.54) is 13.3 Å². The van der Waals surface area contributed by atoms with Crippen molar-refractivity contribution in [1.29, 1.82) is 0 Å². The highest BCUT2D eigenvalue weighted by atomic mass is 16.5. The van der Waals surface area contributed by atoms with Gasteiger partial charge in [0.15, 0.2) is 11.2 Å². The second-order valence-corrected chi connectivity index (χ2v) is 6.02. The molecule has 0 radical (unpaired) electrons. The average molecular weight is 354 g/mol. The lowest BCUT2D eigenvalue weighted by Crippen LogP contribution is -2.39. The van der Waals surface area contributed by atoms with Gasteiger partial charge in [0, 0.05) is 6.54 Å². The molecule has 11 heteroatoms. The molecule has 2 heterocycles. The maximum Gasteiger partial charge on any atom is 0.322 e. The van der Waals surface area contributed by atoms with Gasteiger partial charge in [0.1, 0.15) is 12.6 Å². The van der Waals surface area contributed by atoms with Crippen molar-refractivity contribution >= 4 is 23.1 Å². The van der Waals surface area contributed by atoms with Crippen molar-refractivity contribution < 1.29 is 19.7 Å². The molecule has 7 N–H and O–H groups in total. The van der Waals surface area contributed by atoms with Gasteiger partial charge < -0.3 is 31.0 Å². The maximum atomic E-state index is 11.8. The van der Waals surface area contributed by atoms with Crippen LogP contribution in [0.2, 0.25) is 0 Å². The van der Waals surface area contributed by atoms with Gasteiger partial charge in [0.2, 0.25) is 5.95 Å². The molecule has 0 aromatic carbocycles. The Morgan fingerprint density at radius 2 is 2.16 bits per heavy atom. The number of nitrogen functional groups attached to an aromatic ring is 1. The van der Waals surface area contributed by atoms with Crippen molar-refractivity contribution in [3.63, 3.8) is 0 Å². The van der Waals surface area contributed by atoms with Gasteiger partial charge in [-0.15, -0.1) is 0 Å². The number of aromatic nitrogens is 4. The molecule has 0 aliphatic heterocycles. The number of carbonyl (C=O) groups is 1. The molecular weight excluding hydrogens is 332 g/mol. The minimum Gasteiger partial charge on any atom is -0.464 e. The van der Waals surface area contributed by atoms with E-state index < -0.39 is 36.2 Å². The Hall–Kier alpha value is -2.50. The lowest BCUT2D eigenvalue weighted by molar-refractivity contribution is -0.151. The van der Waals surface area contributed by atoms with Crippen LogP contribution in [0, 0.1) is 5.41 Å². The molecule has 0 fully saturated rings. The first-order chi connectivity index (χ1) is 11.8. The fourth-order valence-electron chi connectivity index (χ4n) is 2.22. The number of nitrogens with zero attached hydrogens (tertiary/aromatic N) is 3. The van der Waals surface area contributed by atoms with Crippen molar-refractivity contribution in [3.05, 3.63) is 16.7 Å². The monoisotopic (exact) mass is 354 g/mol. The Balaban J connectivity index is 2.16. The van der Waals surface area contributed by atoms with E-state index in [0.29, 0.717) is 5.65 Å². The number of nitrogens with one attached hydrogen (secondary N) is 1. The first-order valence-corrected chi connectivity index (χ1v) is 7.66. The number of fused-ring (bicyclic) bond motifs is 1. The third-order valence-electron chi connectivity index (χ3n) is 3.94. The van der Waals surface area contributed by atoms with Crippen LogP contribution in [0.15, 0.2) is 11.1 Å². The molecule has 0 spiro atoms. The zero-order valence-electron chi connectivity index (χ0n) is 13.8. The van der Waals surface area contributed by atoms with Gasteiger partial charge in [0.25, 0.3) is 5.56 Å². The van der Waals surface area contributed by atoms with Crippen molar-refractivity contribution in [2.24, 2.45) is 11.1 Å². The topological polar surface area (TPSA) is 182 Å². The number of carbonyl (C=O) groups excluding carboxylic acids is 1. The van der Waals surface area contributed by atoms with Crippen LogP contribution in [0.5, 0.6) is 0 Å². The Kier molecular flexibility index (Phi) is 5.72. The van der Waals surface area contributed by atoms with Crippen LogP contribution in [0.1, 0.15) is 13.3 Å². The van der Waals surface area contributed by atoms with Crippen LogP contribution in [0.4, 0.5) is 5.95 Å². The summed E-state index contributed by atoms with van der Waals surface area (Å²) in [5, 5.41) is 19.3. The van der Waals surface area contributed by atoms with E-state index in [0.717, 1.165) is 0 Å². The van der Waals surface area contributed by atoms with Crippen molar-refractivity contribution in [3.8, 4) is 0 Å². The predicted molar refractivity (Wildman–Crippen MR) is 88.4 cm³/mol. The molecule has 138 valence electrons. The summed E-state index contributed by atoms with van der Waals surface area (Å²) in [7, 11) is 0. The summed E-state index contributed by atoms with van der Waals surface area (Å²) >= 11 is 0. The van der Waals surface area contributed by atoms with Gasteiger partial charge in [-0.2, -0.15) is 4.98 Å². The fourth-order valence-corrected chi connectivity index (χ4v) is 2.22. The van der Waals surface area contributed by atoms with Crippen molar-refractivity contribution in [2.45, 2.75) is 25.9 Å². The third-order valence-corrected chi connectivity index (χ3v) is 3.94. The molecule has 1 atom stereocenters. The van der Waals surface area contributed by atoms with E-state index in [9.17, 15) is 19.8 Å². The molecule has 0 saturated heterocycles. The first kappa shape index (κ1) is 18.8. The van der Waals surface area contributed by atoms with E-state index in [-0.39, 0.29) is 31.0 Å². The molecule has 0 unspecified atom stereocenters. The Bertz CT molecular complexity index is 795. The summed E-state index contributed by atoms with van der Waals surface area (Å²) in [4.78, 5) is 33.7. The summed E-state index contributed by atoms with van der Waals surface area (Å²) in [6.45, 7) is 0.747. The molecular formula is C14H22N6O5. The maximum absolute atomic E-state index is 11.8. The number of aliphatic hydroxyl groups is 2. The standard InChI is InChI=1S/C14H22N6O5/c1-8(15)12(24)25-6-14(4-21,5-22)2-3-20-7-17-9-10(20)18-13(16)19-11(9)23/h7-8,21-22H,2-6,15H2,1H3,(H3,16,18,19,23)/t8-/m0/s1. The molecule has 2 aromatic rings. The summed E-state index contributed by atoms with van der Waals surface area (Å²) < 4.78 is 6.62. The number of H-pyrrole nitrogens is 1.